The zero-order valence-corrected chi connectivity index (χ0v) is 14.8. The topological polar surface area (TPSA) is 47.4 Å². The van der Waals surface area contributed by atoms with Crippen LogP contribution in [0.4, 0.5) is 24.8 Å². The van der Waals surface area contributed by atoms with Gasteiger partial charge in [-0.3, -0.25) is 4.98 Å². The van der Waals surface area contributed by atoms with Crippen molar-refractivity contribution in [2.24, 2.45) is 4.99 Å². The summed E-state index contributed by atoms with van der Waals surface area (Å²) in [5, 5.41) is 3.47. The first-order chi connectivity index (χ1) is 12.8. The average Bonchev–Trinajstić information content (AvgIpc) is 3.02. The minimum atomic E-state index is -4.60. The molecule has 3 rings (SSSR count). The van der Waals surface area contributed by atoms with Crippen LogP contribution >= 0.6 is 23.2 Å². The zero-order chi connectivity index (χ0) is 19.6. The van der Waals surface area contributed by atoms with Gasteiger partial charge in [0.15, 0.2) is 5.82 Å². The number of aromatic nitrogens is 3. The van der Waals surface area contributed by atoms with Crippen LogP contribution in [-0.2, 0) is 6.18 Å². The quantitative estimate of drug-likeness (QED) is 0.399. The number of halogens is 5. The van der Waals surface area contributed by atoms with Crippen molar-refractivity contribution in [3.63, 3.8) is 0 Å². The standard InChI is InChI=1S/C17H8Cl2F3N5/c1-23-14-8-15(25-9-10-2-4-24-5-3-10)27(26-14)16-12(18)6-11(7-13(16)19)17(20,21)22/h2-9H/b25-9+. The van der Waals surface area contributed by atoms with Gasteiger partial charge in [-0.2, -0.15) is 13.2 Å². The number of hydrogen-bond donors (Lipinski definition) is 0. The van der Waals surface area contributed by atoms with Crippen molar-refractivity contribution in [3.8, 4) is 5.69 Å². The van der Waals surface area contributed by atoms with E-state index in [0.717, 1.165) is 22.4 Å². The lowest BCUT2D eigenvalue weighted by Gasteiger charge is -2.11. The molecule has 0 fully saturated rings. The summed E-state index contributed by atoms with van der Waals surface area (Å²) in [6.45, 7) is 7.11. The number of benzene rings is 1. The maximum atomic E-state index is 12.9. The lowest BCUT2D eigenvalue weighted by Crippen LogP contribution is -2.07. The zero-order valence-electron chi connectivity index (χ0n) is 13.2. The molecule has 0 amide bonds. The molecule has 0 saturated carbocycles. The van der Waals surface area contributed by atoms with Gasteiger partial charge in [-0.15, -0.1) is 4.68 Å². The van der Waals surface area contributed by atoms with Crippen molar-refractivity contribution < 1.29 is 13.2 Å². The second kappa shape index (κ2) is 7.39. The van der Waals surface area contributed by atoms with Crippen LogP contribution in [0.1, 0.15) is 11.1 Å². The van der Waals surface area contributed by atoms with Crippen molar-refractivity contribution >= 4 is 41.1 Å². The molecule has 2 heterocycles. The minimum absolute atomic E-state index is 0.00288. The third-order valence-corrected chi connectivity index (χ3v) is 3.98. The lowest BCUT2D eigenvalue weighted by atomic mass is 10.2. The molecule has 2 aromatic heterocycles. The molecular weight excluding hydrogens is 402 g/mol. The molecule has 0 atom stereocenters. The third-order valence-electron chi connectivity index (χ3n) is 3.40. The van der Waals surface area contributed by atoms with E-state index in [1.165, 1.54) is 12.3 Å². The summed E-state index contributed by atoms with van der Waals surface area (Å²) in [5.41, 5.74) is -0.254. The van der Waals surface area contributed by atoms with Crippen LogP contribution in [0.2, 0.25) is 10.0 Å². The fourth-order valence-corrected chi connectivity index (χ4v) is 2.84. The molecule has 3 aromatic rings. The highest BCUT2D eigenvalue weighted by atomic mass is 35.5. The average molecular weight is 410 g/mol. The predicted molar refractivity (Wildman–Crippen MR) is 96.3 cm³/mol. The predicted octanol–water partition coefficient (Wildman–Crippen LogP) is 5.89. The molecule has 27 heavy (non-hydrogen) atoms. The smallest absolute Gasteiger partial charge is 0.359 e. The highest BCUT2D eigenvalue weighted by Crippen LogP contribution is 2.39. The van der Waals surface area contributed by atoms with E-state index in [9.17, 15) is 13.2 Å². The lowest BCUT2D eigenvalue weighted by molar-refractivity contribution is -0.137. The summed E-state index contributed by atoms with van der Waals surface area (Å²) < 4.78 is 39.9. The summed E-state index contributed by atoms with van der Waals surface area (Å²) >= 11 is 12.1. The molecule has 0 spiro atoms. The molecule has 0 aliphatic heterocycles. The number of hydrogen-bond acceptors (Lipinski definition) is 3. The second-order valence-electron chi connectivity index (χ2n) is 5.21. The SMILES string of the molecule is [C-]#[N+]c1cc(/N=C/c2ccncc2)n(-c2c(Cl)cc(C(F)(F)F)cc2Cl)n1. The summed E-state index contributed by atoms with van der Waals surface area (Å²) in [4.78, 5) is 11.3. The Kier molecular flexibility index (Phi) is 5.17. The van der Waals surface area contributed by atoms with E-state index in [1.54, 1.807) is 24.5 Å². The van der Waals surface area contributed by atoms with Crippen LogP contribution in [0.5, 0.6) is 0 Å². The Morgan fingerprint density at radius 1 is 1.11 bits per heavy atom. The van der Waals surface area contributed by atoms with E-state index in [0.29, 0.717) is 0 Å². The van der Waals surface area contributed by atoms with Crippen LogP contribution in [-0.4, -0.2) is 21.0 Å². The molecule has 0 bridgehead atoms. The van der Waals surface area contributed by atoms with E-state index >= 15 is 0 Å². The van der Waals surface area contributed by atoms with Gasteiger partial charge in [-0.25, -0.2) is 4.99 Å². The molecule has 0 aliphatic rings. The van der Waals surface area contributed by atoms with E-state index in [2.05, 4.69) is 19.9 Å². The first-order valence-corrected chi connectivity index (χ1v) is 8.03. The van der Waals surface area contributed by atoms with E-state index < -0.39 is 11.7 Å². The van der Waals surface area contributed by atoms with Crippen LogP contribution in [0.25, 0.3) is 10.5 Å². The highest BCUT2D eigenvalue weighted by molar-refractivity contribution is 6.38. The Labute approximate surface area is 161 Å². The normalized spacial score (nSPS) is 11.7. The van der Waals surface area contributed by atoms with Crippen molar-refractivity contribution in [1.82, 2.24) is 14.8 Å². The fraction of sp³-hybridized carbons (Fsp3) is 0.0588. The molecule has 5 nitrogen and oxygen atoms in total. The second-order valence-corrected chi connectivity index (χ2v) is 6.02. The molecule has 1 aromatic carbocycles. The van der Waals surface area contributed by atoms with Gasteiger partial charge in [0.25, 0.3) is 5.82 Å². The summed E-state index contributed by atoms with van der Waals surface area (Å²) in [5.74, 6) is 0.172. The van der Waals surface area contributed by atoms with Gasteiger partial charge in [0, 0.05) is 24.7 Å². The van der Waals surface area contributed by atoms with Crippen LogP contribution < -0.4 is 0 Å². The van der Waals surface area contributed by atoms with Crippen molar-refractivity contribution in [2.45, 2.75) is 6.18 Å². The first-order valence-electron chi connectivity index (χ1n) is 7.28. The van der Waals surface area contributed by atoms with Crippen molar-refractivity contribution in [3.05, 3.63) is 75.3 Å². The molecule has 0 saturated heterocycles. The monoisotopic (exact) mass is 409 g/mol. The van der Waals surface area contributed by atoms with Gasteiger partial charge in [0.2, 0.25) is 0 Å². The largest absolute Gasteiger partial charge is 0.416 e. The maximum absolute atomic E-state index is 12.9. The molecule has 0 N–H and O–H groups in total. The Morgan fingerprint density at radius 2 is 1.74 bits per heavy atom. The Hall–Kier alpha value is -2.89. The Balaban J connectivity index is 2.11. The van der Waals surface area contributed by atoms with Crippen molar-refractivity contribution in [1.29, 1.82) is 0 Å². The third kappa shape index (κ3) is 4.10. The Bertz CT molecular complexity index is 1030. The molecule has 10 heteroatoms. The van der Waals surface area contributed by atoms with E-state index in [1.807, 2.05) is 0 Å². The van der Waals surface area contributed by atoms with Gasteiger partial charge < -0.3 is 4.85 Å². The summed E-state index contributed by atoms with van der Waals surface area (Å²) in [6, 6.07) is 6.28. The minimum Gasteiger partial charge on any atom is -0.359 e. The van der Waals surface area contributed by atoms with Crippen molar-refractivity contribution in [2.75, 3.05) is 0 Å². The molecule has 0 radical (unpaired) electrons. The Morgan fingerprint density at radius 3 is 2.30 bits per heavy atom. The van der Waals surface area contributed by atoms with E-state index in [-0.39, 0.29) is 27.4 Å². The molecule has 0 unspecified atom stereocenters. The number of aliphatic imine (C=N–C) groups is 1. The van der Waals surface area contributed by atoms with Crippen LogP contribution in [0.15, 0.2) is 47.7 Å². The molecule has 0 aliphatic carbocycles. The molecular formula is C17H8Cl2F3N5. The number of alkyl halides is 3. The molecule has 136 valence electrons. The summed E-state index contributed by atoms with van der Waals surface area (Å²) in [6.07, 6.45) is 0.0500. The number of rotatable bonds is 3. The van der Waals surface area contributed by atoms with Gasteiger partial charge in [0.1, 0.15) is 5.69 Å². The number of pyridine rings is 1. The van der Waals surface area contributed by atoms with Crippen LogP contribution in [0.3, 0.4) is 0 Å². The van der Waals surface area contributed by atoms with Gasteiger partial charge in [-0.1, -0.05) is 29.8 Å². The van der Waals surface area contributed by atoms with Gasteiger partial charge in [-0.05, 0) is 34.9 Å². The highest BCUT2D eigenvalue weighted by Gasteiger charge is 2.33. The number of nitrogens with zero attached hydrogens (tertiary/aromatic N) is 5. The van der Waals surface area contributed by atoms with Gasteiger partial charge in [0.05, 0.1) is 15.6 Å². The van der Waals surface area contributed by atoms with E-state index in [4.69, 9.17) is 29.8 Å². The van der Waals surface area contributed by atoms with Gasteiger partial charge >= 0.3 is 6.18 Å². The summed E-state index contributed by atoms with van der Waals surface area (Å²) in [7, 11) is 0. The fourth-order valence-electron chi connectivity index (χ4n) is 2.19. The van der Waals surface area contributed by atoms with Crippen LogP contribution in [0, 0.1) is 6.57 Å². The maximum Gasteiger partial charge on any atom is 0.416 e. The first kappa shape index (κ1) is 18.9.